The van der Waals surface area contributed by atoms with Crippen LogP contribution in [0, 0.1) is 6.92 Å². The number of nitrogens with zero attached hydrogens (tertiary/aromatic N) is 1. The molecule has 1 aliphatic rings. The first-order valence-electron chi connectivity index (χ1n) is 8.01. The minimum absolute atomic E-state index is 0.120. The van der Waals surface area contributed by atoms with Crippen molar-refractivity contribution >= 4 is 19.7 Å². The van der Waals surface area contributed by atoms with Gasteiger partial charge in [-0.1, -0.05) is 17.7 Å². The Kier molecular flexibility index (Phi) is 6.06. The molecule has 0 saturated carbocycles. The number of hydrogen-bond donors (Lipinski definition) is 1. The third-order valence-corrected chi connectivity index (χ3v) is 8.40. The fourth-order valence-corrected chi connectivity index (χ4v) is 7.61. The number of hydrogen-bond acceptors (Lipinski definition) is 6. The van der Waals surface area contributed by atoms with Gasteiger partial charge in [0.15, 0.2) is 19.7 Å². The number of benzene rings is 1. The standard InChI is InChI=1S/C16H26N2O4S2/c1-13-5-7-14(8-6-13)24(21,22)16-12-23(19,20)11-15(16)17-9-4-10-18(2)3/h5-8,15-17H,4,9-12H2,1-3H3/t15-,16-/m0/s1. The van der Waals surface area contributed by atoms with E-state index in [4.69, 9.17) is 0 Å². The quantitative estimate of drug-likeness (QED) is 0.699. The fourth-order valence-electron chi connectivity index (χ4n) is 2.90. The fraction of sp³-hybridized carbons (Fsp3) is 0.625. The lowest BCUT2D eigenvalue weighted by Crippen LogP contribution is -2.44. The van der Waals surface area contributed by atoms with Gasteiger partial charge >= 0.3 is 0 Å². The SMILES string of the molecule is Cc1ccc(S(=O)(=O)[C@H]2CS(=O)(=O)C[C@@H]2NCCCN(C)C)cc1. The van der Waals surface area contributed by atoms with Crippen molar-refractivity contribution in [2.24, 2.45) is 0 Å². The van der Waals surface area contributed by atoms with E-state index in [1.165, 1.54) is 0 Å². The Morgan fingerprint density at radius 1 is 1.17 bits per heavy atom. The number of nitrogens with one attached hydrogen (secondary N) is 1. The molecule has 24 heavy (non-hydrogen) atoms. The summed E-state index contributed by atoms with van der Waals surface area (Å²) >= 11 is 0. The molecule has 1 aromatic carbocycles. The van der Waals surface area contributed by atoms with Crippen molar-refractivity contribution < 1.29 is 16.8 Å². The molecule has 0 radical (unpaired) electrons. The van der Waals surface area contributed by atoms with E-state index in [2.05, 4.69) is 5.32 Å². The van der Waals surface area contributed by atoms with Gasteiger partial charge in [0.1, 0.15) is 0 Å². The first kappa shape index (κ1) is 19.4. The molecule has 0 unspecified atom stereocenters. The van der Waals surface area contributed by atoms with Crippen LogP contribution in [0.3, 0.4) is 0 Å². The predicted octanol–water partition coefficient (Wildman–Crippen LogP) is 0.476. The third kappa shape index (κ3) is 4.78. The van der Waals surface area contributed by atoms with Gasteiger partial charge in [-0.05, 0) is 52.7 Å². The van der Waals surface area contributed by atoms with E-state index in [1.807, 2.05) is 25.9 Å². The lowest BCUT2D eigenvalue weighted by Gasteiger charge is -2.20. The van der Waals surface area contributed by atoms with Crippen LogP contribution in [0.5, 0.6) is 0 Å². The van der Waals surface area contributed by atoms with Gasteiger partial charge < -0.3 is 10.2 Å². The van der Waals surface area contributed by atoms with Crippen molar-refractivity contribution in [1.29, 1.82) is 0 Å². The summed E-state index contributed by atoms with van der Waals surface area (Å²) in [6.07, 6.45) is 0.834. The normalized spacial score (nSPS) is 23.7. The van der Waals surface area contributed by atoms with E-state index in [-0.39, 0.29) is 16.4 Å². The van der Waals surface area contributed by atoms with Crippen molar-refractivity contribution in [3.63, 3.8) is 0 Å². The zero-order valence-corrected chi connectivity index (χ0v) is 16.0. The van der Waals surface area contributed by atoms with Crippen LogP contribution >= 0.6 is 0 Å². The summed E-state index contributed by atoms with van der Waals surface area (Å²) in [6, 6.07) is 6.02. The van der Waals surface area contributed by atoms with E-state index in [9.17, 15) is 16.8 Å². The smallest absolute Gasteiger partial charge is 0.183 e. The molecule has 1 N–H and O–H groups in total. The van der Waals surface area contributed by atoms with Crippen LogP contribution in [0.1, 0.15) is 12.0 Å². The van der Waals surface area contributed by atoms with Crippen LogP contribution < -0.4 is 5.32 Å². The van der Waals surface area contributed by atoms with Gasteiger partial charge in [0, 0.05) is 6.04 Å². The second kappa shape index (κ2) is 7.51. The maximum absolute atomic E-state index is 12.9. The molecule has 1 aliphatic heterocycles. The van der Waals surface area contributed by atoms with Crippen molar-refractivity contribution in [2.75, 3.05) is 38.7 Å². The van der Waals surface area contributed by atoms with E-state index in [1.54, 1.807) is 24.3 Å². The maximum Gasteiger partial charge on any atom is 0.183 e. The minimum Gasteiger partial charge on any atom is -0.312 e. The zero-order chi connectivity index (χ0) is 18.0. The average molecular weight is 375 g/mol. The van der Waals surface area contributed by atoms with Crippen molar-refractivity contribution in [1.82, 2.24) is 10.2 Å². The summed E-state index contributed by atoms with van der Waals surface area (Å²) in [5, 5.41) is 2.22. The summed E-state index contributed by atoms with van der Waals surface area (Å²) < 4.78 is 49.8. The Balaban J connectivity index is 2.16. The van der Waals surface area contributed by atoms with Crippen LogP contribution in [0.4, 0.5) is 0 Å². The molecule has 2 atom stereocenters. The molecule has 8 heteroatoms. The molecule has 0 spiro atoms. The van der Waals surface area contributed by atoms with Crippen molar-refractivity contribution in [3.05, 3.63) is 29.8 Å². The highest BCUT2D eigenvalue weighted by Crippen LogP contribution is 2.26. The molecule has 136 valence electrons. The first-order chi connectivity index (χ1) is 11.1. The topological polar surface area (TPSA) is 83.5 Å². The van der Waals surface area contributed by atoms with Crippen LogP contribution in [0.2, 0.25) is 0 Å². The van der Waals surface area contributed by atoms with Crippen molar-refractivity contribution in [2.45, 2.75) is 29.5 Å². The van der Waals surface area contributed by atoms with Gasteiger partial charge in [0.25, 0.3) is 0 Å². The van der Waals surface area contributed by atoms with Gasteiger partial charge in [-0.2, -0.15) is 0 Å². The summed E-state index contributed by atoms with van der Waals surface area (Å²) in [5.74, 6) is -0.431. The Hall–Kier alpha value is -0.960. The van der Waals surface area contributed by atoms with Crippen LogP contribution in [-0.2, 0) is 19.7 Å². The van der Waals surface area contributed by atoms with Gasteiger partial charge in [0.05, 0.1) is 21.7 Å². The van der Waals surface area contributed by atoms with Crippen LogP contribution in [0.15, 0.2) is 29.2 Å². The highest BCUT2D eigenvalue weighted by Gasteiger charge is 2.45. The zero-order valence-electron chi connectivity index (χ0n) is 14.4. The first-order valence-corrected chi connectivity index (χ1v) is 11.4. The minimum atomic E-state index is -3.68. The van der Waals surface area contributed by atoms with Gasteiger partial charge in [-0.25, -0.2) is 16.8 Å². The molecule has 1 heterocycles. The molecule has 6 nitrogen and oxygen atoms in total. The van der Waals surface area contributed by atoms with E-state index >= 15 is 0 Å². The Morgan fingerprint density at radius 2 is 1.79 bits per heavy atom. The average Bonchev–Trinajstić information content (AvgIpc) is 2.80. The summed E-state index contributed by atoms with van der Waals surface area (Å²) in [5.41, 5.74) is 0.964. The predicted molar refractivity (Wildman–Crippen MR) is 95.8 cm³/mol. The van der Waals surface area contributed by atoms with Crippen LogP contribution in [-0.4, -0.2) is 71.7 Å². The second-order valence-corrected chi connectivity index (χ2v) is 11.0. The van der Waals surface area contributed by atoms with E-state index in [0.29, 0.717) is 6.54 Å². The second-order valence-electron chi connectivity index (χ2n) is 6.69. The highest BCUT2D eigenvalue weighted by molar-refractivity contribution is 7.96. The largest absolute Gasteiger partial charge is 0.312 e. The van der Waals surface area contributed by atoms with Crippen molar-refractivity contribution in [3.8, 4) is 0 Å². The lowest BCUT2D eigenvalue weighted by molar-refractivity contribution is 0.388. The molecule has 2 rings (SSSR count). The molecule has 1 aromatic rings. The number of sulfone groups is 2. The summed E-state index contributed by atoms with van der Waals surface area (Å²) in [6.45, 7) is 3.34. The molecule has 0 amide bonds. The summed E-state index contributed by atoms with van der Waals surface area (Å²) in [4.78, 5) is 2.23. The maximum atomic E-state index is 12.9. The molecule has 0 aromatic heterocycles. The Bertz CT molecular complexity index is 756. The monoisotopic (exact) mass is 374 g/mol. The van der Waals surface area contributed by atoms with Gasteiger partial charge in [0.2, 0.25) is 0 Å². The lowest BCUT2D eigenvalue weighted by atomic mass is 10.2. The van der Waals surface area contributed by atoms with Gasteiger partial charge in [-0.15, -0.1) is 0 Å². The van der Waals surface area contributed by atoms with Crippen LogP contribution in [0.25, 0.3) is 0 Å². The van der Waals surface area contributed by atoms with Gasteiger partial charge in [-0.3, -0.25) is 0 Å². The Labute approximate surface area is 145 Å². The third-order valence-electron chi connectivity index (χ3n) is 4.24. The number of aryl methyl sites for hydroxylation is 1. The molecular formula is C16H26N2O4S2. The molecule has 1 saturated heterocycles. The molecule has 0 bridgehead atoms. The highest BCUT2D eigenvalue weighted by atomic mass is 32.2. The molecule has 0 aliphatic carbocycles. The number of rotatable bonds is 7. The molecule has 1 fully saturated rings. The summed E-state index contributed by atoms with van der Waals surface area (Å²) in [7, 11) is -3.10. The van der Waals surface area contributed by atoms with E-state index < -0.39 is 31.0 Å². The Morgan fingerprint density at radius 3 is 2.38 bits per heavy atom. The molecular weight excluding hydrogens is 348 g/mol. The van der Waals surface area contributed by atoms with E-state index in [0.717, 1.165) is 18.5 Å².